The number of nitrogens with zero attached hydrogens (tertiary/aromatic N) is 3. The fourth-order valence-corrected chi connectivity index (χ4v) is 1.94. The minimum Gasteiger partial charge on any atom is -0.221 e. The second kappa shape index (κ2) is 4.08. The summed E-state index contributed by atoms with van der Waals surface area (Å²) in [7, 11) is 0. The van der Waals surface area contributed by atoms with Gasteiger partial charge in [-0.15, -0.1) is 0 Å². The molecule has 0 amide bonds. The second-order valence-corrected chi connectivity index (χ2v) is 4.03. The van der Waals surface area contributed by atoms with Crippen LogP contribution in [0, 0.1) is 0 Å². The summed E-state index contributed by atoms with van der Waals surface area (Å²) in [4.78, 5) is 4.06. The van der Waals surface area contributed by atoms with E-state index >= 15 is 0 Å². The van der Waals surface area contributed by atoms with Gasteiger partial charge in [0.2, 0.25) is 0 Å². The molecule has 0 bridgehead atoms. The van der Waals surface area contributed by atoms with E-state index in [1.54, 1.807) is 24.4 Å². The molecule has 3 nitrogen and oxygen atoms in total. The van der Waals surface area contributed by atoms with Crippen molar-refractivity contribution < 1.29 is 13.2 Å². The van der Waals surface area contributed by atoms with Crippen molar-refractivity contribution in [3.63, 3.8) is 0 Å². The molecule has 0 aliphatic rings. The average molecular weight is 263 g/mol. The molecule has 0 atom stereocenters. The maximum atomic E-state index is 12.7. The highest BCUT2D eigenvalue weighted by molar-refractivity contribution is 5.77. The zero-order valence-corrected chi connectivity index (χ0v) is 9.59. The van der Waals surface area contributed by atoms with Gasteiger partial charge in [-0.1, -0.05) is 12.1 Å². The Labute approximate surface area is 106 Å². The first-order valence-electron chi connectivity index (χ1n) is 5.52. The molecular weight excluding hydrogens is 255 g/mol. The Kier molecular flexibility index (Phi) is 2.51. The zero-order chi connectivity index (χ0) is 13.5. The van der Waals surface area contributed by atoms with Crippen molar-refractivity contribution in [3.8, 4) is 11.1 Å². The number of pyridine rings is 1. The lowest BCUT2D eigenvalue weighted by atomic mass is 10.0. The van der Waals surface area contributed by atoms with E-state index < -0.39 is 11.7 Å². The standard InChI is InChI=1S/C13H8F3N3/c14-13(15,16)10-4-1-3-9(7-10)11-5-2-6-19-12(11)17-8-18-19/h1-8H. The molecule has 0 aliphatic heterocycles. The molecule has 3 rings (SSSR count). The summed E-state index contributed by atoms with van der Waals surface area (Å²) in [6.45, 7) is 0. The number of halogens is 3. The van der Waals surface area contributed by atoms with E-state index in [1.807, 2.05) is 0 Å². The predicted octanol–water partition coefficient (Wildman–Crippen LogP) is 3.42. The van der Waals surface area contributed by atoms with Gasteiger partial charge in [0.05, 0.1) is 5.56 Å². The topological polar surface area (TPSA) is 30.2 Å². The molecule has 2 heterocycles. The number of benzene rings is 1. The van der Waals surface area contributed by atoms with Crippen LogP contribution in [-0.4, -0.2) is 14.6 Å². The monoisotopic (exact) mass is 263 g/mol. The van der Waals surface area contributed by atoms with Gasteiger partial charge < -0.3 is 0 Å². The van der Waals surface area contributed by atoms with Crippen LogP contribution in [0.4, 0.5) is 13.2 Å². The molecule has 1 aromatic carbocycles. The summed E-state index contributed by atoms with van der Waals surface area (Å²) >= 11 is 0. The maximum absolute atomic E-state index is 12.7. The van der Waals surface area contributed by atoms with E-state index in [1.165, 1.54) is 16.9 Å². The van der Waals surface area contributed by atoms with Gasteiger partial charge in [-0.25, -0.2) is 9.50 Å². The number of fused-ring (bicyclic) bond motifs is 1. The highest BCUT2D eigenvalue weighted by atomic mass is 19.4. The van der Waals surface area contributed by atoms with Crippen molar-refractivity contribution in [2.75, 3.05) is 0 Å². The van der Waals surface area contributed by atoms with Crippen LogP contribution in [0.5, 0.6) is 0 Å². The van der Waals surface area contributed by atoms with Crippen LogP contribution in [0.1, 0.15) is 5.56 Å². The Bertz CT molecular complexity index is 731. The highest BCUT2D eigenvalue weighted by Crippen LogP contribution is 2.32. The highest BCUT2D eigenvalue weighted by Gasteiger charge is 2.30. The van der Waals surface area contributed by atoms with Crippen LogP contribution < -0.4 is 0 Å². The number of aromatic nitrogens is 3. The lowest BCUT2D eigenvalue weighted by Crippen LogP contribution is -2.04. The number of rotatable bonds is 1. The Balaban J connectivity index is 2.19. The van der Waals surface area contributed by atoms with Crippen molar-refractivity contribution in [1.29, 1.82) is 0 Å². The van der Waals surface area contributed by atoms with Crippen LogP contribution in [0.15, 0.2) is 48.9 Å². The fourth-order valence-electron chi connectivity index (χ4n) is 1.94. The zero-order valence-electron chi connectivity index (χ0n) is 9.59. The Hall–Kier alpha value is -2.37. The van der Waals surface area contributed by atoms with Gasteiger partial charge in [-0.05, 0) is 29.8 Å². The molecule has 0 radical (unpaired) electrons. The van der Waals surface area contributed by atoms with Crippen molar-refractivity contribution in [2.45, 2.75) is 6.18 Å². The van der Waals surface area contributed by atoms with Crippen molar-refractivity contribution in [3.05, 3.63) is 54.5 Å². The van der Waals surface area contributed by atoms with E-state index in [0.29, 0.717) is 16.8 Å². The van der Waals surface area contributed by atoms with Crippen LogP contribution in [0.2, 0.25) is 0 Å². The van der Waals surface area contributed by atoms with E-state index in [2.05, 4.69) is 10.1 Å². The van der Waals surface area contributed by atoms with Crippen molar-refractivity contribution in [2.24, 2.45) is 0 Å². The first kappa shape index (κ1) is 11.7. The van der Waals surface area contributed by atoms with Crippen molar-refractivity contribution >= 4 is 5.65 Å². The van der Waals surface area contributed by atoms with Crippen LogP contribution in [-0.2, 0) is 6.18 Å². The lowest BCUT2D eigenvalue weighted by Gasteiger charge is -2.09. The van der Waals surface area contributed by atoms with E-state index in [0.717, 1.165) is 12.1 Å². The van der Waals surface area contributed by atoms with Gasteiger partial charge in [0.25, 0.3) is 0 Å². The van der Waals surface area contributed by atoms with Crippen LogP contribution in [0.3, 0.4) is 0 Å². The molecule has 0 saturated heterocycles. The molecule has 96 valence electrons. The lowest BCUT2D eigenvalue weighted by molar-refractivity contribution is -0.137. The number of alkyl halides is 3. The molecule has 0 saturated carbocycles. The van der Waals surface area contributed by atoms with Crippen molar-refractivity contribution in [1.82, 2.24) is 14.6 Å². The van der Waals surface area contributed by atoms with Gasteiger partial charge in [0.1, 0.15) is 6.33 Å². The molecule has 2 aromatic heterocycles. The fraction of sp³-hybridized carbons (Fsp3) is 0.0769. The summed E-state index contributed by atoms with van der Waals surface area (Å²) in [6, 6.07) is 8.62. The van der Waals surface area contributed by atoms with Gasteiger partial charge in [-0.3, -0.25) is 0 Å². The van der Waals surface area contributed by atoms with E-state index in [-0.39, 0.29) is 0 Å². The SMILES string of the molecule is FC(F)(F)c1cccc(-c2cccn3ncnc23)c1. The Morgan fingerprint density at radius 2 is 1.89 bits per heavy atom. The van der Waals surface area contributed by atoms with Crippen LogP contribution >= 0.6 is 0 Å². The van der Waals surface area contributed by atoms with E-state index in [4.69, 9.17) is 0 Å². The van der Waals surface area contributed by atoms with Gasteiger partial charge >= 0.3 is 6.18 Å². The predicted molar refractivity (Wildman–Crippen MR) is 63.4 cm³/mol. The summed E-state index contributed by atoms with van der Waals surface area (Å²) in [5.74, 6) is 0. The normalized spacial score (nSPS) is 11.9. The Morgan fingerprint density at radius 3 is 2.68 bits per heavy atom. The third-order valence-electron chi connectivity index (χ3n) is 2.81. The molecule has 0 fully saturated rings. The van der Waals surface area contributed by atoms with Gasteiger partial charge in [0.15, 0.2) is 5.65 Å². The number of hydrogen-bond acceptors (Lipinski definition) is 2. The summed E-state index contributed by atoms with van der Waals surface area (Å²) in [5, 5.41) is 3.96. The molecule has 19 heavy (non-hydrogen) atoms. The summed E-state index contributed by atoms with van der Waals surface area (Å²) < 4.78 is 39.6. The Morgan fingerprint density at radius 1 is 1.05 bits per heavy atom. The molecular formula is C13H8F3N3. The van der Waals surface area contributed by atoms with E-state index in [9.17, 15) is 13.2 Å². The molecule has 6 heteroatoms. The van der Waals surface area contributed by atoms with Gasteiger partial charge in [0, 0.05) is 11.8 Å². The second-order valence-electron chi connectivity index (χ2n) is 4.03. The average Bonchev–Trinajstić information content (AvgIpc) is 2.86. The third kappa shape index (κ3) is 2.05. The molecule has 3 aromatic rings. The third-order valence-corrected chi connectivity index (χ3v) is 2.81. The first-order valence-corrected chi connectivity index (χ1v) is 5.52. The molecule has 0 aliphatic carbocycles. The van der Waals surface area contributed by atoms with Crippen LogP contribution in [0.25, 0.3) is 16.8 Å². The maximum Gasteiger partial charge on any atom is 0.416 e. The summed E-state index contributed by atoms with van der Waals surface area (Å²) in [5.41, 5.74) is 0.938. The molecule has 0 unspecified atom stereocenters. The molecule has 0 spiro atoms. The summed E-state index contributed by atoms with van der Waals surface area (Å²) in [6.07, 6.45) is -1.29. The molecule has 0 N–H and O–H groups in total. The van der Waals surface area contributed by atoms with Gasteiger partial charge in [-0.2, -0.15) is 18.3 Å². The largest absolute Gasteiger partial charge is 0.416 e. The first-order chi connectivity index (χ1) is 9.05. The quantitative estimate of drug-likeness (QED) is 0.673. The smallest absolute Gasteiger partial charge is 0.221 e. The minimum atomic E-state index is -4.35. The number of hydrogen-bond donors (Lipinski definition) is 0. The minimum absolute atomic E-state index is 0.466.